The van der Waals surface area contributed by atoms with Crippen LogP contribution in [0.3, 0.4) is 0 Å². The van der Waals surface area contributed by atoms with E-state index in [1.165, 1.54) is 13.0 Å². The molecular weight excluding hydrogens is 168 g/mol. The first-order valence-electron chi connectivity index (χ1n) is 4.12. The average Bonchev–Trinajstić information content (AvgIpc) is 2.04. The Morgan fingerprint density at radius 3 is 2.77 bits per heavy atom. The zero-order valence-corrected chi connectivity index (χ0v) is 7.70. The molecule has 3 nitrogen and oxygen atoms in total. The Labute approximate surface area is 77.0 Å². The van der Waals surface area contributed by atoms with Crippen LogP contribution in [-0.4, -0.2) is 17.5 Å². The van der Waals surface area contributed by atoms with Crippen LogP contribution in [-0.2, 0) is 0 Å². The predicted octanol–water partition coefficient (Wildman–Crippen LogP) is 1.99. The van der Waals surface area contributed by atoms with Crippen molar-refractivity contribution in [3.05, 3.63) is 23.8 Å². The first kappa shape index (κ1) is 9.58. The smallest absolute Gasteiger partial charge is 0.167 e. The molecule has 0 bridgehead atoms. The summed E-state index contributed by atoms with van der Waals surface area (Å²) in [5, 5.41) is 9.39. The van der Waals surface area contributed by atoms with E-state index in [0.717, 1.165) is 0 Å². The van der Waals surface area contributed by atoms with Crippen molar-refractivity contribution in [1.29, 1.82) is 0 Å². The second-order valence-electron chi connectivity index (χ2n) is 2.64. The lowest BCUT2D eigenvalue weighted by Crippen LogP contribution is -2.00. The number of hydrogen-bond acceptors (Lipinski definition) is 3. The van der Waals surface area contributed by atoms with Crippen LogP contribution in [0.5, 0.6) is 11.5 Å². The number of ether oxygens (including phenoxy) is 1. The van der Waals surface area contributed by atoms with Crippen LogP contribution in [0.15, 0.2) is 18.2 Å². The van der Waals surface area contributed by atoms with Gasteiger partial charge in [-0.1, -0.05) is 6.07 Å². The summed E-state index contributed by atoms with van der Waals surface area (Å²) < 4.78 is 5.20. The highest BCUT2D eigenvalue weighted by Gasteiger charge is 2.12. The standard InChI is InChI=1S/C10H12O3/c1-3-13-9-6-4-5-8(12)10(9)7(2)11/h4-6,12H,3H2,1-2H3. The van der Waals surface area contributed by atoms with E-state index in [1.54, 1.807) is 12.1 Å². The normalized spacial score (nSPS) is 9.69. The van der Waals surface area contributed by atoms with Crippen LogP contribution in [0.4, 0.5) is 0 Å². The van der Waals surface area contributed by atoms with Gasteiger partial charge in [0.25, 0.3) is 0 Å². The van der Waals surface area contributed by atoms with E-state index in [1.807, 2.05) is 6.92 Å². The number of phenolic OH excluding ortho intramolecular Hbond substituents is 1. The van der Waals surface area contributed by atoms with Gasteiger partial charge in [0, 0.05) is 0 Å². The lowest BCUT2D eigenvalue weighted by Gasteiger charge is -2.08. The minimum atomic E-state index is -0.193. The SMILES string of the molecule is CCOc1cccc(O)c1C(C)=O. The summed E-state index contributed by atoms with van der Waals surface area (Å²) in [4.78, 5) is 11.1. The highest BCUT2D eigenvalue weighted by atomic mass is 16.5. The fraction of sp³-hybridized carbons (Fsp3) is 0.300. The predicted molar refractivity (Wildman–Crippen MR) is 49.3 cm³/mol. The summed E-state index contributed by atoms with van der Waals surface area (Å²) in [6, 6.07) is 4.78. The summed E-state index contributed by atoms with van der Waals surface area (Å²) in [5.41, 5.74) is 0.254. The fourth-order valence-corrected chi connectivity index (χ4v) is 1.15. The zero-order chi connectivity index (χ0) is 9.84. The highest BCUT2D eigenvalue weighted by molar-refractivity contribution is 5.99. The number of benzene rings is 1. The van der Waals surface area contributed by atoms with Gasteiger partial charge in [0.1, 0.15) is 17.1 Å². The fourth-order valence-electron chi connectivity index (χ4n) is 1.15. The maximum Gasteiger partial charge on any atom is 0.167 e. The molecule has 0 aliphatic carbocycles. The van der Waals surface area contributed by atoms with Gasteiger partial charge < -0.3 is 9.84 Å². The molecule has 0 heterocycles. The molecule has 70 valence electrons. The summed E-state index contributed by atoms with van der Waals surface area (Å²) >= 11 is 0. The molecule has 13 heavy (non-hydrogen) atoms. The molecule has 0 radical (unpaired) electrons. The number of phenols is 1. The van der Waals surface area contributed by atoms with E-state index in [4.69, 9.17) is 4.74 Å². The van der Waals surface area contributed by atoms with E-state index in [2.05, 4.69) is 0 Å². The van der Waals surface area contributed by atoms with Crippen LogP contribution >= 0.6 is 0 Å². The summed E-state index contributed by atoms with van der Waals surface area (Å²) in [5.74, 6) is 0.218. The molecule has 0 aliphatic rings. The van der Waals surface area contributed by atoms with Gasteiger partial charge in [0.2, 0.25) is 0 Å². The minimum Gasteiger partial charge on any atom is -0.507 e. The van der Waals surface area contributed by atoms with Crippen molar-refractivity contribution in [2.75, 3.05) is 6.61 Å². The molecule has 0 saturated heterocycles. The Balaban J connectivity index is 3.17. The van der Waals surface area contributed by atoms with Crippen molar-refractivity contribution in [3.8, 4) is 11.5 Å². The van der Waals surface area contributed by atoms with Crippen LogP contribution in [0.2, 0.25) is 0 Å². The molecule has 0 unspecified atom stereocenters. The Bertz CT molecular complexity index is 318. The van der Waals surface area contributed by atoms with Crippen molar-refractivity contribution in [2.45, 2.75) is 13.8 Å². The van der Waals surface area contributed by atoms with Crippen LogP contribution in [0.25, 0.3) is 0 Å². The van der Waals surface area contributed by atoms with Crippen LogP contribution in [0.1, 0.15) is 24.2 Å². The molecular formula is C10H12O3. The Morgan fingerprint density at radius 2 is 2.23 bits per heavy atom. The second-order valence-corrected chi connectivity index (χ2v) is 2.64. The third-order valence-electron chi connectivity index (χ3n) is 1.66. The first-order valence-corrected chi connectivity index (χ1v) is 4.12. The summed E-state index contributed by atoms with van der Waals surface area (Å²) in [6.07, 6.45) is 0. The van der Waals surface area contributed by atoms with Gasteiger partial charge in [-0.2, -0.15) is 0 Å². The molecule has 1 rings (SSSR count). The number of hydrogen-bond donors (Lipinski definition) is 1. The molecule has 0 amide bonds. The van der Waals surface area contributed by atoms with E-state index < -0.39 is 0 Å². The van der Waals surface area contributed by atoms with Crippen LogP contribution in [0, 0.1) is 0 Å². The first-order chi connectivity index (χ1) is 6.16. The summed E-state index contributed by atoms with van der Waals surface area (Å²) in [7, 11) is 0. The second kappa shape index (κ2) is 3.94. The van der Waals surface area contributed by atoms with Gasteiger partial charge in [0.05, 0.1) is 6.61 Å². The number of carbonyl (C=O) groups is 1. The topological polar surface area (TPSA) is 46.5 Å². The lowest BCUT2D eigenvalue weighted by atomic mass is 10.1. The number of Topliss-reactive ketones (excluding diaryl/α,β-unsaturated/α-hetero) is 1. The largest absolute Gasteiger partial charge is 0.507 e. The van der Waals surface area contributed by atoms with Crippen molar-refractivity contribution < 1.29 is 14.6 Å². The molecule has 1 N–H and O–H groups in total. The number of ketones is 1. The van der Waals surface area contributed by atoms with Gasteiger partial charge in [-0.15, -0.1) is 0 Å². The average molecular weight is 180 g/mol. The molecule has 3 heteroatoms. The molecule has 0 aromatic heterocycles. The Morgan fingerprint density at radius 1 is 1.54 bits per heavy atom. The minimum absolute atomic E-state index is 0.0292. The molecule has 0 atom stereocenters. The number of carbonyl (C=O) groups excluding carboxylic acids is 1. The van der Waals surface area contributed by atoms with Crippen molar-refractivity contribution in [2.24, 2.45) is 0 Å². The third-order valence-corrected chi connectivity index (χ3v) is 1.66. The molecule has 1 aromatic carbocycles. The third kappa shape index (κ3) is 1.99. The van der Waals surface area contributed by atoms with Crippen LogP contribution < -0.4 is 4.74 Å². The van der Waals surface area contributed by atoms with E-state index >= 15 is 0 Å². The van der Waals surface area contributed by atoms with Gasteiger partial charge in [-0.3, -0.25) is 4.79 Å². The van der Waals surface area contributed by atoms with Gasteiger partial charge in [0.15, 0.2) is 5.78 Å². The monoisotopic (exact) mass is 180 g/mol. The van der Waals surface area contributed by atoms with Gasteiger partial charge in [-0.25, -0.2) is 0 Å². The molecule has 1 aromatic rings. The van der Waals surface area contributed by atoms with Gasteiger partial charge in [-0.05, 0) is 26.0 Å². The zero-order valence-electron chi connectivity index (χ0n) is 7.70. The Kier molecular flexibility index (Phi) is 2.90. The van der Waals surface area contributed by atoms with Gasteiger partial charge >= 0.3 is 0 Å². The Hall–Kier alpha value is -1.51. The van der Waals surface area contributed by atoms with E-state index in [9.17, 15) is 9.90 Å². The van der Waals surface area contributed by atoms with Crippen molar-refractivity contribution >= 4 is 5.78 Å². The molecule has 0 fully saturated rings. The molecule has 0 spiro atoms. The highest BCUT2D eigenvalue weighted by Crippen LogP contribution is 2.27. The summed E-state index contributed by atoms with van der Waals surface area (Å²) in [6.45, 7) is 3.70. The van der Waals surface area contributed by atoms with E-state index in [0.29, 0.717) is 12.4 Å². The van der Waals surface area contributed by atoms with Crippen molar-refractivity contribution in [1.82, 2.24) is 0 Å². The maximum absolute atomic E-state index is 11.1. The number of rotatable bonds is 3. The van der Waals surface area contributed by atoms with Crippen molar-refractivity contribution in [3.63, 3.8) is 0 Å². The quantitative estimate of drug-likeness (QED) is 0.723. The molecule has 0 saturated carbocycles. The van der Waals surface area contributed by atoms with E-state index in [-0.39, 0.29) is 17.1 Å². The maximum atomic E-state index is 11.1. The lowest BCUT2D eigenvalue weighted by molar-refractivity contribution is 0.101. The number of aromatic hydroxyl groups is 1. The molecule has 0 aliphatic heterocycles.